The molecule has 0 bridgehead atoms. The van der Waals surface area contributed by atoms with Gasteiger partial charge in [-0.1, -0.05) is 12.8 Å². The largest absolute Gasteiger partial charge is 0.444 e. The Bertz CT molecular complexity index is 721. The number of hydrogen-bond donors (Lipinski definition) is 3. The Hall–Kier alpha value is -2.33. The van der Waals surface area contributed by atoms with Crippen LogP contribution >= 0.6 is 0 Å². The summed E-state index contributed by atoms with van der Waals surface area (Å²) in [6.45, 7) is 4.77. The first kappa shape index (κ1) is 23.9. The number of amides is 3. The highest BCUT2D eigenvalue weighted by Gasteiger charge is 2.63. The number of hydrogen-bond acceptors (Lipinski definition) is 5. The monoisotopic (exact) mass is 435 g/mol. The smallest absolute Gasteiger partial charge is 0.408 e. The van der Waals surface area contributed by atoms with Crippen LogP contribution in [0.1, 0.15) is 65.7 Å². The molecule has 2 aliphatic rings. The molecule has 0 spiro atoms. The minimum Gasteiger partial charge on any atom is -0.444 e. The van der Waals surface area contributed by atoms with Crippen molar-refractivity contribution in [3.05, 3.63) is 0 Å². The topological polar surface area (TPSA) is 128 Å². The third-order valence-electron chi connectivity index (χ3n) is 5.22. The van der Waals surface area contributed by atoms with E-state index in [0.29, 0.717) is 12.8 Å². The second-order valence-electron chi connectivity index (χ2n) is 9.24. The highest BCUT2D eigenvalue weighted by atomic mass is 19.3. The van der Waals surface area contributed by atoms with E-state index in [1.807, 2.05) is 0 Å². The number of rotatable bonds is 7. The van der Waals surface area contributed by atoms with E-state index >= 15 is 4.39 Å². The molecule has 0 radical (unpaired) electrons. The second-order valence-corrected chi connectivity index (χ2v) is 9.24. The van der Waals surface area contributed by atoms with Crippen LogP contribution in [-0.4, -0.2) is 52.5 Å². The fourth-order valence-corrected chi connectivity index (χ4v) is 3.93. The zero-order chi connectivity index (χ0) is 23.0. The molecule has 2 rings (SSSR count). The Balaban J connectivity index is 2.20. The zero-order valence-corrected chi connectivity index (χ0v) is 17.3. The SMILES string of the molecule is CC(C)(C)OC(=O)N[C@@H](CC1(F)CCCC1)C(=O)NC1(C(=O)C(N)=O)CC(F)(F)C1. The molecule has 0 saturated heterocycles. The lowest BCUT2D eigenvalue weighted by Crippen LogP contribution is -2.70. The minimum absolute atomic E-state index is 0.177. The number of Topliss-reactive ketones (excluding diaryl/α,β-unsaturated/α-hetero) is 1. The van der Waals surface area contributed by atoms with Gasteiger partial charge >= 0.3 is 6.09 Å². The molecule has 1 atom stereocenters. The molecule has 4 N–H and O–H groups in total. The number of halogens is 3. The van der Waals surface area contributed by atoms with Gasteiger partial charge in [-0.2, -0.15) is 0 Å². The number of carbonyl (C=O) groups is 4. The van der Waals surface area contributed by atoms with Crippen LogP contribution in [0.25, 0.3) is 0 Å². The Morgan fingerprint density at radius 1 is 1.07 bits per heavy atom. The van der Waals surface area contributed by atoms with Gasteiger partial charge in [0.15, 0.2) is 0 Å². The van der Waals surface area contributed by atoms with Gasteiger partial charge < -0.3 is 21.1 Å². The molecule has 30 heavy (non-hydrogen) atoms. The summed E-state index contributed by atoms with van der Waals surface area (Å²) in [5.74, 6) is -7.16. The number of carbonyl (C=O) groups excluding carboxylic acids is 4. The van der Waals surface area contributed by atoms with Crippen molar-refractivity contribution in [3.8, 4) is 0 Å². The van der Waals surface area contributed by atoms with E-state index in [1.54, 1.807) is 20.8 Å². The van der Waals surface area contributed by atoms with Crippen molar-refractivity contribution in [2.24, 2.45) is 5.73 Å². The summed E-state index contributed by atoms with van der Waals surface area (Å²) in [6.07, 6.45) is -2.07. The standard InChI is InChI=1S/C19H28F3N3O5/c1-16(2,3)30-15(29)24-11(8-17(20)6-4-5-7-17)14(28)25-18(12(26)13(23)27)9-19(21,22)10-18/h11H,4-10H2,1-3H3,(H2,23,27)(H,24,29)(H,25,28)/t11-/m0/s1. The molecule has 2 fully saturated rings. The molecule has 3 amide bonds. The maximum Gasteiger partial charge on any atom is 0.408 e. The van der Waals surface area contributed by atoms with Crippen LogP contribution in [-0.2, 0) is 19.1 Å². The number of ketones is 1. The van der Waals surface area contributed by atoms with Crippen molar-refractivity contribution >= 4 is 23.7 Å². The van der Waals surface area contributed by atoms with Crippen molar-refractivity contribution in [2.45, 2.75) is 94.5 Å². The number of primary amides is 1. The van der Waals surface area contributed by atoms with Gasteiger partial charge in [0.25, 0.3) is 11.8 Å². The van der Waals surface area contributed by atoms with Gasteiger partial charge in [-0.05, 0) is 33.6 Å². The quantitative estimate of drug-likeness (QED) is 0.526. The summed E-state index contributed by atoms with van der Waals surface area (Å²) in [7, 11) is 0. The summed E-state index contributed by atoms with van der Waals surface area (Å²) >= 11 is 0. The molecule has 8 nitrogen and oxygen atoms in total. The number of nitrogens with one attached hydrogen (secondary N) is 2. The van der Waals surface area contributed by atoms with Gasteiger partial charge in [-0.3, -0.25) is 14.4 Å². The van der Waals surface area contributed by atoms with Gasteiger partial charge in [0.1, 0.15) is 22.9 Å². The summed E-state index contributed by atoms with van der Waals surface area (Å²) in [6, 6.07) is -1.49. The fraction of sp³-hybridized carbons (Fsp3) is 0.789. The van der Waals surface area contributed by atoms with Crippen molar-refractivity contribution in [2.75, 3.05) is 0 Å². The van der Waals surface area contributed by atoms with Crippen LogP contribution in [0, 0.1) is 0 Å². The summed E-state index contributed by atoms with van der Waals surface area (Å²) in [5.41, 5.74) is 0.127. The van der Waals surface area contributed by atoms with Crippen molar-refractivity contribution in [1.82, 2.24) is 10.6 Å². The number of ether oxygens (including phenoxy) is 1. The first-order valence-corrected chi connectivity index (χ1v) is 9.79. The van der Waals surface area contributed by atoms with Crippen LogP contribution < -0.4 is 16.4 Å². The van der Waals surface area contributed by atoms with Crippen LogP contribution in [0.5, 0.6) is 0 Å². The van der Waals surface area contributed by atoms with E-state index in [1.165, 1.54) is 0 Å². The molecule has 2 saturated carbocycles. The molecule has 0 heterocycles. The number of alkyl carbamates (subject to hydrolysis) is 1. The first-order valence-electron chi connectivity index (χ1n) is 9.79. The highest BCUT2D eigenvalue weighted by Crippen LogP contribution is 2.46. The van der Waals surface area contributed by atoms with E-state index < -0.39 is 71.7 Å². The van der Waals surface area contributed by atoms with E-state index in [-0.39, 0.29) is 12.8 Å². The summed E-state index contributed by atoms with van der Waals surface area (Å²) in [4.78, 5) is 48.4. The third-order valence-corrected chi connectivity index (χ3v) is 5.22. The Labute approximate surface area is 172 Å². The molecule has 0 aromatic heterocycles. The molecule has 170 valence electrons. The molecular formula is C19H28F3N3O5. The Morgan fingerprint density at radius 3 is 2.03 bits per heavy atom. The van der Waals surface area contributed by atoms with Gasteiger partial charge in [-0.15, -0.1) is 0 Å². The summed E-state index contributed by atoms with van der Waals surface area (Å²) in [5, 5.41) is 4.38. The van der Waals surface area contributed by atoms with Crippen molar-refractivity contribution in [3.63, 3.8) is 0 Å². The second kappa shape index (κ2) is 8.07. The molecule has 11 heteroatoms. The molecular weight excluding hydrogens is 407 g/mol. The normalized spacial score (nSPS) is 22.3. The summed E-state index contributed by atoms with van der Waals surface area (Å²) < 4.78 is 47.1. The fourth-order valence-electron chi connectivity index (χ4n) is 3.93. The molecule has 0 aliphatic heterocycles. The predicted molar refractivity (Wildman–Crippen MR) is 99.3 cm³/mol. The highest BCUT2D eigenvalue weighted by molar-refractivity contribution is 6.39. The first-order chi connectivity index (χ1) is 13.6. The van der Waals surface area contributed by atoms with E-state index in [4.69, 9.17) is 10.5 Å². The molecule has 0 aromatic carbocycles. The van der Waals surface area contributed by atoms with E-state index in [2.05, 4.69) is 10.6 Å². The van der Waals surface area contributed by atoms with Crippen molar-refractivity contribution < 1.29 is 37.1 Å². The lowest BCUT2D eigenvalue weighted by molar-refractivity contribution is -0.167. The van der Waals surface area contributed by atoms with Gasteiger partial charge in [-0.25, -0.2) is 18.0 Å². The maximum atomic E-state index is 15.0. The average Bonchev–Trinajstić information content (AvgIpc) is 2.95. The van der Waals surface area contributed by atoms with Crippen LogP contribution in [0.4, 0.5) is 18.0 Å². The van der Waals surface area contributed by atoms with E-state index in [9.17, 15) is 28.0 Å². The molecule has 0 aromatic rings. The Kier molecular flexibility index (Phi) is 6.44. The number of alkyl halides is 3. The minimum atomic E-state index is -3.26. The lowest BCUT2D eigenvalue weighted by atomic mass is 9.70. The van der Waals surface area contributed by atoms with Gasteiger partial charge in [0, 0.05) is 19.3 Å². The van der Waals surface area contributed by atoms with Crippen LogP contribution in [0.2, 0.25) is 0 Å². The maximum absolute atomic E-state index is 15.0. The van der Waals surface area contributed by atoms with Crippen LogP contribution in [0.15, 0.2) is 0 Å². The van der Waals surface area contributed by atoms with Crippen molar-refractivity contribution in [1.29, 1.82) is 0 Å². The number of nitrogens with two attached hydrogens (primary N) is 1. The average molecular weight is 435 g/mol. The molecule has 2 aliphatic carbocycles. The van der Waals surface area contributed by atoms with Crippen LogP contribution in [0.3, 0.4) is 0 Å². The van der Waals surface area contributed by atoms with Gasteiger partial charge in [0.2, 0.25) is 11.7 Å². The van der Waals surface area contributed by atoms with Gasteiger partial charge in [0.05, 0.1) is 0 Å². The lowest BCUT2D eigenvalue weighted by Gasteiger charge is -2.46. The Morgan fingerprint density at radius 2 is 1.60 bits per heavy atom. The van der Waals surface area contributed by atoms with E-state index in [0.717, 1.165) is 0 Å². The zero-order valence-electron chi connectivity index (χ0n) is 17.3. The predicted octanol–water partition coefficient (Wildman–Crippen LogP) is 1.89. The third kappa shape index (κ3) is 5.85. The molecule has 0 unspecified atom stereocenters.